The van der Waals surface area contributed by atoms with E-state index < -0.39 is 17.5 Å². The van der Waals surface area contributed by atoms with Gasteiger partial charge in [-0.25, -0.2) is 8.78 Å². The predicted molar refractivity (Wildman–Crippen MR) is 97.8 cm³/mol. The van der Waals surface area contributed by atoms with Gasteiger partial charge in [0.2, 0.25) is 5.91 Å². The summed E-state index contributed by atoms with van der Waals surface area (Å²) in [6, 6.07) is 6.17. The van der Waals surface area contributed by atoms with Crippen molar-refractivity contribution >= 4 is 29.3 Å². The third-order valence-corrected chi connectivity index (χ3v) is 3.50. The van der Waals surface area contributed by atoms with E-state index in [9.17, 15) is 13.6 Å². The molecule has 0 aliphatic rings. The highest BCUT2D eigenvalue weighted by molar-refractivity contribution is 6.32. The number of nitrogens with one attached hydrogen (secondary N) is 1. The SMILES string of the molecule is COc1cc(/C=C/C(=O)Nc2ccc(F)cc2F)cc(Cl)c1OC(C)C. The summed E-state index contributed by atoms with van der Waals surface area (Å²) in [5.41, 5.74) is 0.482. The summed E-state index contributed by atoms with van der Waals surface area (Å²) in [6.45, 7) is 3.73. The zero-order chi connectivity index (χ0) is 19.3. The highest BCUT2D eigenvalue weighted by Gasteiger charge is 2.13. The van der Waals surface area contributed by atoms with Crippen molar-refractivity contribution in [1.82, 2.24) is 0 Å². The number of hydrogen-bond acceptors (Lipinski definition) is 3. The summed E-state index contributed by atoms with van der Waals surface area (Å²) in [5.74, 6) is -1.31. The third-order valence-electron chi connectivity index (χ3n) is 3.22. The second-order valence-corrected chi connectivity index (χ2v) is 6.05. The largest absolute Gasteiger partial charge is 0.493 e. The molecule has 26 heavy (non-hydrogen) atoms. The van der Waals surface area contributed by atoms with E-state index in [4.69, 9.17) is 21.1 Å². The van der Waals surface area contributed by atoms with Gasteiger partial charge in [0.25, 0.3) is 0 Å². The van der Waals surface area contributed by atoms with Gasteiger partial charge in [0, 0.05) is 12.1 Å². The highest BCUT2D eigenvalue weighted by atomic mass is 35.5. The molecule has 1 amide bonds. The van der Waals surface area contributed by atoms with Gasteiger partial charge in [0.1, 0.15) is 11.6 Å². The van der Waals surface area contributed by atoms with Crippen LogP contribution in [0.1, 0.15) is 19.4 Å². The standard InChI is InChI=1S/C19H18ClF2NO3/c1-11(2)26-19-14(20)8-12(9-17(19)25-3)4-7-18(24)23-16-6-5-13(21)10-15(16)22/h4-11H,1-3H3,(H,23,24)/b7-4+. The Hall–Kier alpha value is -2.60. The maximum absolute atomic E-state index is 13.5. The normalized spacial score (nSPS) is 11.0. The molecule has 0 bridgehead atoms. The predicted octanol–water partition coefficient (Wildman–Crippen LogP) is 5.07. The molecule has 1 N–H and O–H groups in total. The van der Waals surface area contributed by atoms with Crippen LogP contribution in [0.2, 0.25) is 5.02 Å². The lowest BCUT2D eigenvalue weighted by Gasteiger charge is -2.15. The first-order chi connectivity index (χ1) is 12.3. The molecular weight excluding hydrogens is 364 g/mol. The van der Waals surface area contributed by atoms with Gasteiger partial charge in [0.15, 0.2) is 11.5 Å². The molecule has 138 valence electrons. The Morgan fingerprint density at radius 2 is 1.96 bits per heavy atom. The number of benzene rings is 2. The van der Waals surface area contributed by atoms with E-state index in [1.807, 2.05) is 13.8 Å². The number of amides is 1. The second-order valence-electron chi connectivity index (χ2n) is 5.65. The molecule has 0 aliphatic carbocycles. The zero-order valence-corrected chi connectivity index (χ0v) is 15.2. The summed E-state index contributed by atoms with van der Waals surface area (Å²) in [4.78, 5) is 11.9. The Bertz CT molecular complexity index is 838. The van der Waals surface area contributed by atoms with Crippen molar-refractivity contribution in [2.24, 2.45) is 0 Å². The molecule has 0 spiro atoms. The lowest BCUT2D eigenvalue weighted by Crippen LogP contribution is -2.09. The molecule has 2 rings (SSSR count). The van der Waals surface area contributed by atoms with Crippen LogP contribution in [0.5, 0.6) is 11.5 Å². The van der Waals surface area contributed by atoms with Crippen molar-refractivity contribution in [3.05, 3.63) is 58.6 Å². The monoisotopic (exact) mass is 381 g/mol. The fraction of sp³-hybridized carbons (Fsp3) is 0.211. The van der Waals surface area contributed by atoms with Crippen LogP contribution in [0.25, 0.3) is 6.08 Å². The Morgan fingerprint density at radius 1 is 1.23 bits per heavy atom. The number of carbonyl (C=O) groups is 1. The highest BCUT2D eigenvalue weighted by Crippen LogP contribution is 2.37. The molecule has 0 saturated heterocycles. The van der Waals surface area contributed by atoms with Crippen molar-refractivity contribution in [2.75, 3.05) is 12.4 Å². The minimum atomic E-state index is -0.855. The second kappa shape index (κ2) is 8.67. The maximum Gasteiger partial charge on any atom is 0.248 e. The Kier molecular flexibility index (Phi) is 6.58. The molecule has 0 aliphatic heterocycles. The van der Waals surface area contributed by atoms with Gasteiger partial charge in [-0.15, -0.1) is 0 Å². The molecule has 2 aromatic rings. The average molecular weight is 382 g/mol. The van der Waals surface area contributed by atoms with E-state index in [2.05, 4.69) is 5.32 Å². The maximum atomic E-state index is 13.5. The third kappa shape index (κ3) is 5.20. The van der Waals surface area contributed by atoms with Gasteiger partial charge >= 0.3 is 0 Å². The van der Waals surface area contributed by atoms with Crippen LogP contribution in [0.4, 0.5) is 14.5 Å². The van der Waals surface area contributed by atoms with Gasteiger partial charge in [-0.3, -0.25) is 4.79 Å². The quantitative estimate of drug-likeness (QED) is 0.711. The lowest BCUT2D eigenvalue weighted by atomic mass is 10.1. The fourth-order valence-electron chi connectivity index (χ4n) is 2.12. The number of anilines is 1. The van der Waals surface area contributed by atoms with E-state index in [1.54, 1.807) is 12.1 Å². The van der Waals surface area contributed by atoms with Crippen LogP contribution in [-0.4, -0.2) is 19.1 Å². The van der Waals surface area contributed by atoms with Crippen molar-refractivity contribution in [2.45, 2.75) is 20.0 Å². The fourth-order valence-corrected chi connectivity index (χ4v) is 2.39. The number of halogens is 3. The van der Waals surface area contributed by atoms with Crippen molar-refractivity contribution in [3.63, 3.8) is 0 Å². The first-order valence-corrected chi connectivity index (χ1v) is 8.16. The topological polar surface area (TPSA) is 47.6 Å². The Labute approximate surface area is 155 Å². The Morgan fingerprint density at radius 3 is 2.58 bits per heavy atom. The van der Waals surface area contributed by atoms with E-state index in [0.717, 1.165) is 12.1 Å². The molecule has 0 fully saturated rings. The minimum absolute atomic E-state index is 0.0841. The minimum Gasteiger partial charge on any atom is -0.493 e. The first kappa shape index (κ1) is 19.7. The van der Waals surface area contributed by atoms with Crippen LogP contribution in [0.15, 0.2) is 36.4 Å². The summed E-state index contributed by atoms with van der Waals surface area (Å²) < 4.78 is 37.3. The van der Waals surface area contributed by atoms with E-state index in [-0.39, 0.29) is 11.8 Å². The van der Waals surface area contributed by atoms with E-state index in [1.165, 1.54) is 19.3 Å². The molecule has 0 unspecified atom stereocenters. The van der Waals surface area contributed by atoms with Crippen molar-refractivity contribution in [1.29, 1.82) is 0 Å². The smallest absolute Gasteiger partial charge is 0.248 e. The van der Waals surface area contributed by atoms with E-state index in [0.29, 0.717) is 28.2 Å². The average Bonchev–Trinajstić information content (AvgIpc) is 2.57. The van der Waals surface area contributed by atoms with E-state index >= 15 is 0 Å². The molecular formula is C19H18ClF2NO3. The summed E-state index contributed by atoms with van der Waals surface area (Å²) in [7, 11) is 1.48. The Balaban J connectivity index is 2.16. The molecule has 4 nitrogen and oxygen atoms in total. The summed E-state index contributed by atoms with van der Waals surface area (Å²) >= 11 is 6.21. The molecule has 0 heterocycles. The molecule has 0 saturated carbocycles. The van der Waals surface area contributed by atoms with Crippen molar-refractivity contribution in [3.8, 4) is 11.5 Å². The van der Waals surface area contributed by atoms with Gasteiger partial charge in [-0.05, 0) is 49.8 Å². The summed E-state index contributed by atoms with van der Waals surface area (Å²) in [5, 5.41) is 2.67. The molecule has 2 aromatic carbocycles. The molecule has 0 aromatic heterocycles. The van der Waals surface area contributed by atoms with Gasteiger partial charge in [-0.2, -0.15) is 0 Å². The first-order valence-electron chi connectivity index (χ1n) is 7.78. The summed E-state index contributed by atoms with van der Waals surface area (Å²) in [6.07, 6.45) is 2.61. The number of carbonyl (C=O) groups excluding carboxylic acids is 1. The van der Waals surface area contributed by atoms with Crippen LogP contribution in [-0.2, 0) is 4.79 Å². The lowest BCUT2D eigenvalue weighted by molar-refractivity contribution is -0.111. The van der Waals surface area contributed by atoms with Crippen LogP contribution in [0.3, 0.4) is 0 Å². The van der Waals surface area contributed by atoms with Crippen LogP contribution >= 0.6 is 11.6 Å². The number of rotatable bonds is 6. The number of methoxy groups -OCH3 is 1. The van der Waals surface area contributed by atoms with Crippen molar-refractivity contribution < 1.29 is 23.0 Å². The molecule has 0 atom stereocenters. The zero-order valence-electron chi connectivity index (χ0n) is 14.5. The molecule has 0 radical (unpaired) electrons. The van der Waals surface area contributed by atoms with Gasteiger partial charge < -0.3 is 14.8 Å². The number of ether oxygens (including phenoxy) is 2. The van der Waals surface area contributed by atoms with Crippen LogP contribution in [0, 0.1) is 11.6 Å². The van der Waals surface area contributed by atoms with Gasteiger partial charge in [-0.1, -0.05) is 11.6 Å². The van der Waals surface area contributed by atoms with Crippen LogP contribution < -0.4 is 14.8 Å². The molecule has 7 heteroatoms. The number of hydrogen-bond donors (Lipinski definition) is 1. The van der Waals surface area contributed by atoms with Gasteiger partial charge in [0.05, 0.1) is 23.9 Å².